The van der Waals surface area contributed by atoms with Crippen LogP contribution in [0.3, 0.4) is 0 Å². The molecule has 0 atom stereocenters. The predicted molar refractivity (Wildman–Crippen MR) is 117 cm³/mol. The van der Waals surface area contributed by atoms with Crippen LogP contribution in [0.15, 0.2) is 60.8 Å². The Morgan fingerprint density at radius 1 is 0.867 bits per heavy atom. The summed E-state index contributed by atoms with van der Waals surface area (Å²) >= 11 is 0. The predicted octanol–water partition coefficient (Wildman–Crippen LogP) is 5.78. The zero-order valence-corrected chi connectivity index (χ0v) is 17.4. The summed E-state index contributed by atoms with van der Waals surface area (Å²) in [6.45, 7) is 5.76. The van der Waals surface area contributed by atoms with Gasteiger partial charge in [0.15, 0.2) is 11.4 Å². The maximum absolute atomic E-state index is 9.43. The zero-order valence-electron chi connectivity index (χ0n) is 17.4. The third-order valence-corrected chi connectivity index (χ3v) is 4.39. The summed E-state index contributed by atoms with van der Waals surface area (Å²) in [5.41, 5.74) is 2.99. The van der Waals surface area contributed by atoms with Crippen molar-refractivity contribution in [2.75, 3.05) is 13.2 Å². The highest BCUT2D eigenvalue weighted by molar-refractivity contribution is 5.72. The molecule has 0 fully saturated rings. The molecule has 154 valence electrons. The highest BCUT2D eigenvalue weighted by atomic mass is 16.5. The first-order valence-corrected chi connectivity index (χ1v) is 10.2. The second-order valence-electron chi connectivity index (χ2n) is 6.81. The van der Waals surface area contributed by atoms with Crippen molar-refractivity contribution in [2.24, 2.45) is 0 Å². The topological polar surface area (TPSA) is 64.4 Å². The minimum Gasteiger partial charge on any atom is -0.493 e. The van der Waals surface area contributed by atoms with Gasteiger partial charge in [-0.2, -0.15) is 5.26 Å². The summed E-state index contributed by atoms with van der Waals surface area (Å²) in [7, 11) is 0. The third kappa shape index (κ3) is 5.51. The number of nitrogens with zero attached hydrogens (tertiary/aromatic N) is 2. The molecule has 3 aromatic rings. The quantitative estimate of drug-likeness (QED) is 0.430. The van der Waals surface area contributed by atoms with E-state index in [1.54, 1.807) is 6.20 Å². The molecule has 1 heterocycles. The van der Waals surface area contributed by atoms with Crippen LogP contribution < -0.4 is 14.2 Å². The molecule has 3 rings (SSSR count). The molecule has 0 spiro atoms. The van der Waals surface area contributed by atoms with Crippen molar-refractivity contribution in [1.82, 2.24) is 4.98 Å². The van der Waals surface area contributed by atoms with Crippen LogP contribution in [0.1, 0.15) is 37.9 Å². The minimum absolute atomic E-state index is 0.258. The summed E-state index contributed by atoms with van der Waals surface area (Å²) < 4.78 is 17.6. The fraction of sp³-hybridized carbons (Fsp3) is 0.280. The second-order valence-corrected chi connectivity index (χ2v) is 6.81. The van der Waals surface area contributed by atoms with Crippen LogP contribution in [0, 0.1) is 11.3 Å². The summed E-state index contributed by atoms with van der Waals surface area (Å²) in [5.74, 6) is 1.95. The number of hydrogen-bond donors (Lipinski definition) is 0. The van der Waals surface area contributed by atoms with E-state index in [0.29, 0.717) is 25.6 Å². The van der Waals surface area contributed by atoms with Gasteiger partial charge in [0.25, 0.3) is 0 Å². The van der Waals surface area contributed by atoms with Crippen molar-refractivity contribution in [3.63, 3.8) is 0 Å². The number of hydrogen-bond acceptors (Lipinski definition) is 5. The van der Waals surface area contributed by atoms with Crippen molar-refractivity contribution in [3.8, 4) is 34.4 Å². The highest BCUT2D eigenvalue weighted by Gasteiger charge is 2.13. The largest absolute Gasteiger partial charge is 0.493 e. The van der Waals surface area contributed by atoms with Gasteiger partial charge in [0, 0.05) is 23.4 Å². The molecule has 0 aliphatic carbocycles. The molecule has 0 saturated carbocycles. The number of aromatic nitrogens is 1. The number of rotatable bonds is 10. The maximum atomic E-state index is 9.43. The number of ether oxygens (including phenoxy) is 3. The Hall–Kier alpha value is -3.52. The number of pyridine rings is 1. The molecule has 30 heavy (non-hydrogen) atoms. The fourth-order valence-corrected chi connectivity index (χ4v) is 2.90. The van der Waals surface area contributed by atoms with Crippen LogP contribution in [-0.4, -0.2) is 18.2 Å². The lowest BCUT2D eigenvalue weighted by Crippen LogP contribution is -2.01. The highest BCUT2D eigenvalue weighted by Crippen LogP contribution is 2.35. The lowest BCUT2D eigenvalue weighted by molar-refractivity contribution is 0.302. The maximum Gasteiger partial charge on any atom is 0.182 e. The van der Waals surface area contributed by atoms with Gasteiger partial charge in [-0.05, 0) is 36.6 Å². The third-order valence-electron chi connectivity index (χ3n) is 4.39. The van der Waals surface area contributed by atoms with E-state index in [-0.39, 0.29) is 5.69 Å². The molecule has 0 radical (unpaired) electrons. The van der Waals surface area contributed by atoms with Crippen molar-refractivity contribution in [2.45, 2.75) is 33.3 Å². The Kier molecular flexibility index (Phi) is 7.68. The standard InChI is InChI=1S/C25H26N2O3/c1-3-12-28-21-10-11-22(24(15-21)29-13-4-2)20-14-25(23(16-26)27-17-20)30-18-19-8-6-5-7-9-19/h5-11,14-15,17H,3-4,12-13,18H2,1-2H3. The van der Waals surface area contributed by atoms with Crippen molar-refractivity contribution < 1.29 is 14.2 Å². The molecule has 0 aliphatic rings. The van der Waals surface area contributed by atoms with E-state index < -0.39 is 0 Å². The molecular weight excluding hydrogens is 376 g/mol. The zero-order chi connectivity index (χ0) is 21.2. The van der Waals surface area contributed by atoms with Crippen LogP contribution in [0.5, 0.6) is 17.2 Å². The molecule has 1 aromatic heterocycles. The van der Waals surface area contributed by atoms with Crippen LogP contribution in [0.4, 0.5) is 0 Å². The average molecular weight is 402 g/mol. The molecule has 5 heteroatoms. The first-order chi connectivity index (χ1) is 14.7. The normalized spacial score (nSPS) is 10.3. The Labute approximate surface area is 177 Å². The Morgan fingerprint density at radius 3 is 2.37 bits per heavy atom. The summed E-state index contributed by atoms with van der Waals surface area (Å²) in [5, 5.41) is 9.43. The van der Waals surface area contributed by atoms with Crippen LogP contribution in [-0.2, 0) is 6.61 Å². The Bertz CT molecular complexity index is 997. The van der Waals surface area contributed by atoms with Gasteiger partial charge in [-0.25, -0.2) is 4.98 Å². The first-order valence-electron chi connectivity index (χ1n) is 10.2. The van der Waals surface area contributed by atoms with E-state index in [0.717, 1.165) is 41.0 Å². The summed E-state index contributed by atoms with van der Waals surface area (Å²) in [6, 6.07) is 19.6. The van der Waals surface area contributed by atoms with Gasteiger partial charge in [0.2, 0.25) is 0 Å². The van der Waals surface area contributed by atoms with Crippen molar-refractivity contribution >= 4 is 0 Å². The molecule has 0 aliphatic heterocycles. The molecular formula is C25H26N2O3. The van der Waals surface area contributed by atoms with Crippen molar-refractivity contribution in [3.05, 3.63) is 72.1 Å². The van der Waals surface area contributed by atoms with Gasteiger partial charge in [-0.3, -0.25) is 0 Å². The Morgan fingerprint density at radius 2 is 1.63 bits per heavy atom. The van der Waals surface area contributed by atoms with Crippen LogP contribution >= 0.6 is 0 Å². The van der Waals surface area contributed by atoms with Gasteiger partial charge < -0.3 is 14.2 Å². The van der Waals surface area contributed by atoms with E-state index >= 15 is 0 Å². The molecule has 0 bridgehead atoms. The Balaban J connectivity index is 1.91. The monoisotopic (exact) mass is 402 g/mol. The lowest BCUT2D eigenvalue weighted by Gasteiger charge is -2.15. The smallest absolute Gasteiger partial charge is 0.182 e. The summed E-state index contributed by atoms with van der Waals surface area (Å²) in [6.07, 6.45) is 3.51. The van der Waals surface area contributed by atoms with Crippen LogP contribution in [0.25, 0.3) is 11.1 Å². The van der Waals surface area contributed by atoms with Gasteiger partial charge in [-0.1, -0.05) is 44.2 Å². The summed E-state index contributed by atoms with van der Waals surface area (Å²) in [4.78, 5) is 4.31. The van der Waals surface area contributed by atoms with E-state index in [4.69, 9.17) is 14.2 Å². The SMILES string of the molecule is CCCOc1ccc(-c2cnc(C#N)c(OCc3ccccc3)c2)c(OCCC)c1. The van der Waals surface area contributed by atoms with Crippen LogP contribution in [0.2, 0.25) is 0 Å². The molecule has 2 aromatic carbocycles. The molecule has 0 saturated heterocycles. The van der Waals surface area contributed by atoms with Crippen molar-refractivity contribution in [1.29, 1.82) is 5.26 Å². The molecule has 0 N–H and O–H groups in total. The van der Waals surface area contributed by atoms with E-state index in [9.17, 15) is 5.26 Å². The number of benzene rings is 2. The molecule has 0 unspecified atom stereocenters. The lowest BCUT2D eigenvalue weighted by atomic mass is 10.1. The van der Waals surface area contributed by atoms with E-state index in [1.165, 1.54) is 0 Å². The first kappa shape index (κ1) is 21.2. The second kappa shape index (κ2) is 10.9. The average Bonchev–Trinajstić information content (AvgIpc) is 2.80. The van der Waals surface area contributed by atoms with Gasteiger partial charge in [0.1, 0.15) is 24.2 Å². The van der Waals surface area contributed by atoms with E-state index in [2.05, 4.69) is 24.9 Å². The van der Waals surface area contributed by atoms with Gasteiger partial charge in [-0.15, -0.1) is 0 Å². The van der Waals surface area contributed by atoms with Gasteiger partial charge >= 0.3 is 0 Å². The van der Waals surface area contributed by atoms with E-state index in [1.807, 2.05) is 54.6 Å². The van der Waals surface area contributed by atoms with Gasteiger partial charge in [0.05, 0.1) is 13.2 Å². The fourth-order valence-electron chi connectivity index (χ4n) is 2.90. The minimum atomic E-state index is 0.258. The molecule has 5 nitrogen and oxygen atoms in total. The molecule has 0 amide bonds. The number of nitriles is 1.